The van der Waals surface area contributed by atoms with Gasteiger partial charge in [0.2, 0.25) is 5.91 Å². The van der Waals surface area contributed by atoms with Gasteiger partial charge in [-0.25, -0.2) is 0 Å². The first-order valence-electron chi connectivity index (χ1n) is 7.73. The maximum atomic E-state index is 12.5. The van der Waals surface area contributed by atoms with E-state index in [1.54, 1.807) is 0 Å². The molecule has 0 aromatic carbocycles. The number of ether oxygens (including phenoxy) is 1. The van der Waals surface area contributed by atoms with Crippen LogP contribution in [-0.4, -0.2) is 32.2 Å². The fourth-order valence-corrected chi connectivity index (χ4v) is 3.46. The van der Waals surface area contributed by atoms with E-state index in [9.17, 15) is 4.79 Å². The third-order valence-electron chi connectivity index (χ3n) is 5.14. The molecule has 1 saturated carbocycles. The van der Waals surface area contributed by atoms with Gasteiger partial charge in [0.05, 0.1) is 5.41 Å². The largest absolute Gasteiger partial charge is 0.381 e. The number of hydrogen-bond acceptors (Lipinski definition) is 3. The van der Waals surface area contributed by atoms with Crippen LogP contribution < -0.4 is 11.1 Å². The molecule has 1 aliphatic heterocycles. The van der Waals surface area contributed by atoms with Gasteiger partial charge in [-0.2, -0.15) is 0 Å². The average Bonchev–Trinajstić information content (AvgIpc) is 2.42. The van der Waals surface area contributed by atoms with Crippen molar-refractivity contribution in [1.82, 2.24) is 5.32 Å². The molecule has 0 unspecified atom stereocenters. The second kappa shape index (κ2) is 6.23. The van der Waals surface area contributed by atoms with E-state index in [0.717, 1.165) is 19.4 Å². The highest BCUT2D eigenvalue weighted by atomic mass is 16.5. The van der Waals surface area contributed by atoms with Crippen molar-refractivity contribution in [1.29, 1.82) is 0 Å². The Kier molecular flexibility index (Phi) is 4.85. The first kappa shape index (κ1) is 14.8. The summed E-state index contributed by atoms with van der Waals surface area (Å²) in [7, 11) is 0. The summed E-state index contributed by atoms with van der Waals surface area (Å²) in [6.07, 6.45) is 7.79. The van der Waals surface area contributed by atoms with Crippen LogP contribution in [-0.2, 0) is 9.53 Å². The van der Waals surface area contributed by atoms with Gasteiger partial charge >= 0.3 is 0 Å². The smallest absolute Gasteiger partial charge is 0.227 e. The van der Waals surface area contributed by atoms with Crippen molar-refractivity contribution in [3.05, 3.63) is 0 Å². The molecule has 2 rings (SSSR count). The standard InChI is InChI=1S/C15H28N2O2/c1-2-4-14(5-3-6-14)12-17-13(18)15(11-16)7-9-19-10-8-15/h2-12,16H2,1H3,(H,17,18). The lowest BCUT2D eigenvalue weighted by atomic mass is 9.66. The van der Waals surface area contributed by atoms with E-state index in [1.807, 2.05) is 0 Å². The SMILES string of the molecule is CCCC1(CNC(=O)C2(CN)CCOCC2)CCC1. The molecule has 0 radical (unpaired) electrons. The number of amides is 1. The zero-order valence-corrected chi connectivity index (χ0v) is 12.2. The summed E-state index contributed by atoms with van der Waals surface area (Å²) in [4.78, 5) is 12.5. The lowest BCUT2D eigenvalue weighted by Gasteiger charge is -2.43. The summed E-state index contributed by atoms with van der Waals surface area (Å²) in [5.74, 6) is 0.153. The summed E-state index contributed by atoms with van der Waals surface area (Å²) in [6, 6.07) is 0. The highest BCUT2D eigenvalue weighted by Crippen LogP contribution is 2.44. The van der Waals surface area contributed by atoms with E-state index in [1.165, 1.54) is 32.1 Å². The number of carbonyl (C=O) groups excluding carboxylic acids is 1. The number of hydrogen-bond donors (Lipinski definition) is 2. The Balaban J connectivity index is 1.88. The predicted octanol–water partition coefficient (Wildman–Crippen LogP) is 1.83. The molecule has 110 valence electrons. The van der Waals surface area contributed by atoms with Gasteiger partial charge < -0.3 is 15.8 Å². The zero-order chi connectivity index (χ0) is 13.8. The van der Waals surface area contributed by atoms with Crippen LogP contribution >= 0.6 is 0 Å². The first-order chi connectivity index (χ1) is 9.16. The van der Waals surface area contributed by atoms with Crippen LogP contribution in [0.4, 0.5) is 0 Å². The summed E-state index contributed by atoms with van der Waals surface area (Å²) in [5, 5.41) is 3.20. The average molecular weight is 268 g/mol. The Hall–Kier alpha value is -0.610. The molecule has 19 heavy (non-hydrogen) atoms. The van der Waals surface area contributed by atoms with Crippen molar-refractivity contribution in [3.63, 3.8) is 0 Å². The lowest BCUT2D eigenvalue weighted by Crippen LogP contribution is -2.52. The minimum Gasteiger partial charge on any atom is -0.381 e. The van der Waals surface area contributed by atoms with E-state index in [0.29, 0.717) is 25.2 Å². The van der Waals surface area contributed by atoms with Gasteiger partial charge in [-0.05, 0) is 37.5 Å². The Morgan fingerprint density at radius 3 is 2.42 bits per heavy atom. The van der Waals surface area contributed by atoms with Crippen molar-refractivity contribution in [2.24, 2.45) is 16.6 Å². The molecular formula is C15H28N2O2. The number of carbonyl (C=O) groups is 1. The molecule has 1 aliphatic carbocycles. The van der Waals surface area contributed by atoms with Crippen LogP contribution in [0.3, 0.4) is 0 Å². The third kappa shape index (κ3) is 3.11. The minimum atomic E-state index is -0.380. The summed E-state index contributed by atoms with van der Waals surface area (Å²) < 4.78 is 5.36. The van der Waals surface area contributed by atoms with E-state index < -0.39 is 0 Å². The van der Waals surface area contributed by atoms with Crippen molar-refractivity contribution in [2.75, 3.05) is 26.3 Å². The van der Waals surface area contributed by atoms with Crippen LogP contribution in [0, 0.1) is 10.8 Å². The fraction of sp³-hybridized carbons (Fsp3) is 0.933. The second-order valence-corrected chi connectivity index (χ2v) is 6.38. The van der Waals surface area contributed by atoms with E-state index >= 15 is 0 Å². The molecule has 0 bridgehead atoms. The first-order valence-corrected chi connectivity index (χ1v) is 7.73. The van der Waals surface area contributed by atoms with E-state index in [2.05, 4.69) is 12.2 Å². The quantitative estimate of drug-likeness (QED) is 0.772. The Morgan fingerprint density at radius 1 is 1.26 bits per heavy atom. The molecule has 2 aliphatic rings. The Morgan fingerprint density at radius 2 is 1.95 bits per heavy atom. The summed E-state index contributed by atoms with van der Waals surface area (Å²) in [6.45, 7) is 4.81. The van der Waals surface area contributed by atoms with Gasteiger partial charge in [0, 0.05) is 26.3 Å². The van der Waals surface area contributed by atoms with E-state index in [4.69, 9.17) is 10.5 Å². The molecule has 4 nitrogen and oxygen atoms in total. The highest BCUT2D eigenvalue weighted by Gasteiger charge is 2.41. The molecule has 4 heteroatoms. The molecule has 0 atom stereocenters. The van der Waals surface area contributed by atoms with Crippen LogP contribution in [0.5, 0.6) is 0 Å². The van der Waals surface area contributed by atoms with Crippen molar-refractivity contribution in [3.8, 4) is 0 Å². The minimum absolute atomic E-state index is 0.153. The zero-order valence-electron chi connectivity index (χ0n) is 12.2. The molecule has 0 aromatic rings. The van der Waals surface area contributed by atoms with Gasteiger partial charge in [-0.15, -0.1) is 0 Å². The number of nitrogens with one attached hydrogen (secondary N) is 1. The van der Waals surface area contributed by atoms with E-state index in [-0.39, 0.29) is 11.3 Å². The van der Waals surface area contributed by atoms with Gasteiger partial charge in [-0.3, -0.25) is 4.79 Å². The molecule has 1 saturated heterocycles. The molecule has 0 spiro atoms. The molecule has 0 aromatic heterocycles. The summed E-state index contributed by atoms with van der Waals surface area (Å²) in [5.41, 5.74) is 5.87. The lowest BCUT2D eigenvalue weighted by molar-refractivity contribution is -0.136. The number of rotatable bonds is 6. The van der Waals surface area contributed by atoms with Crippen LogP contribution in [0.2, 0.25) is 0 Å². The van der Waals surface area contributed by atoms with Gasteiger partial charge in [-0.1, -0.05) is 19.8 Å². The Bertz CT molecular complexity index is 307. The molecule has 1 amide bonds. The van der Waals surface area contributed by atoms with Crippen molar-refractivity contribution < 1.29 is 9.53 Å². The van der Waals surface area contributed by atoms with Crippen molar-refractivity contribution in [2.45, 2.75) is 51.9 Å². The molecule has 2 fully saturated rings. The molecule has 1 heterocycles. The summed E-state index contributed by atoms with van der Waals surface area (Å²) >= 11 is 0. The second-order valence-electron chi connectivity index (χ2n) is 6.38. The maximum absolute atomic E-state index is 12.5. The van der Waals surface area contributed by atoms with Crippen LogP contribution in [0.15, 0.2) is 0 Å². The fourth-order valence-electron chi connectivity index (χ4n) is 3.46. The van der Waals surface area contributed by atoms with Gasteiger partial charge in [0.15, 0.2) is 0 Å². The third-order valence-corrected chi connectivity index (χ3v) is 5.14. The van der Waals surface area contributed by atoms with Gasteiger partial charge in [0.1, 0.15) is 0 Å². The number of nitrogens with two attached hydrogens (primary N) is 1. The highest BCUT2D eigenvalue weighted by molar-refractivity contribution is 5.83. The van der Waals surface area contributed by atoms with Gasteiger partial charge in [0.25, 0.3) is 0 Å². The normalized spacial score (nSPS) is 24.5. The van der Waals surface area contributed by atoms with Crippen LogP contribution in [0.1, 0.15) is 51.9 Å². The van der Waals surface area contributed by atoms with Crippen LogP contribution in [0.25, 0.3) is 0 Å². The monoisotopic (exact) mass is 268 g/mol. The molecular weight excluding hydrogens is 240 g/mol. The topological polar surface area (TPSA) is 64.4 Å². The Labute approximate surface area is 116 Å². The predicted molar refractivity (Wildman–Crippen MR) is 75.7 cm³/mol. The molecule has 3 N–H and O–H groups in total. The van der Waals surface area contributed by atoms with Crippen molar-refractivity contribution >= 4 is 5.91 Å². The maximum Gasteiger partial charge on any atom is 0.227 e.